The van der Waals surface area contributed by atoms with Crippen molar-refractivity contribution in [1.82, 2.24) is 5.32 Å². The maximum atomic E-state index is 5.60. The third-order valence-electron chi connectivity index (χ3n) is 4.09. The summed E-state index contributed by atoms with van der Waals surface area (Å²) in [6.07, 6.45) is 8.51. The maximum absolute atomic E-state index is 5.60. The summed E-state index contributed by atoms with van der Waals surface area (Å²) in [5.41, 5.74) is 2.72. The largest absolute Gasteiger partial charge is 0.495 e. The Morgan fingerprint density at radius 2 is 2.05 bits per heavy atom. The van der Waals surface area contributed by atoms with E-state index in [1.165, 1.54) is 31.2 Å². The van der Waals surface area contributed by atoms with E-state index in [1.54, 1.807) is 19.8 Å². The van der Waals surface area contributed by atoms with E-state index in [0.717, 1.165) is 22.4 Å². The lowest BCUT2D eigenvalue weighted by Gasteiger charge is -2.23. The van der Waals surface area contributed by atoms with Gasteiger partial charge in [0.05, 0.1) is 14.2 Å². The highest BCUT2D eigenvalue weighted by Crippen LogP contribution is 2.41. The van der Waals surface area contributed by atoms with E-state index in [9.17, 15) is 0 Å². The lowest BCUT2D eigenvalue weighted by molar-refractivity contribution is 0.380. The summed E-state index contributed by atoms with van der Waals surface area (Å²) in [6, 6.07) is 4.33. The fraction of sp³-hybridized carbons (Fsp3) is 0.529. The van der Waals surface area contributed by atoms with Crippen molar-refractivity contribution >= 4 is 15.9 Å². The molecular formula is C17H24BrNO2. The van der Waals surface area contributed by atoms with Crippen LogP contribution in [-0.4, -0.2) is 21.3 Å². The van der Waals surface area contributed by atoms with Gasteiger partial charge in [0, 0.05) is 11.6 Å². The van der Waals surface area contributed by atoms with Gasteiger partial charge in [-0.3, -0.25) is 0 Å². The van der Waals surface area contributed by atoms with Gasteiger partial charge in [-0.25, -0.2) is 0 Å². The molecule has 1 unspecified atom stereocenters. The smallest absolute Gasteiger partial charge is 0.141 e. The molecule has 0 amide bonds. The molecule has 1 aromatic rings. The van der Waals surface area contributed by atoms with Gasteiger partial charge >= 0.3 is 0 Å². The Kier molecular flexibility index (Phi) is 6.12. The predicted molar refractivity (Wildman–Crippen MR) is 90.2 cm³/mol. The molecule has 4 heteroatoms. The number of benzene rings is 1. The minimum Gasteiger partial charge on any atom is -0.495 e. The molecule has 2 rings (SSSR count). The van der Waals surface area contributed by atoms with Gasteiger partial charge in [-0.05, 0) is 67.2 Å². The van der Waals surface area contributed by atoms with Crippen LogP contribution in [0.4, 0.5) is 0 Å². The van der Waals surface area contributed by atoms with Gasteiger partial charge in [0.15, 0.2) is 0 Å². The molecular weight excluding hydrogens is 330 g/mol. The number of hydrogen-bond acceptors (Lipinski definition) is 3. The summed E-state index contributed by atoms with van der Waals surface area (Å²) in [6.45, 7) is 0. The second-order valence-electron chi connectivity index (χ2n) is 5.36. The zero-order chi connectivity index (χ0) is 15.2. The summed E-state index contributed by atoms with van der Waals surface area (Å²) < 4.78 is 11.8. The van der Waals surface area contributed by atoms with Gasteiger partial charge < -0.3 is 14.8 Å². The molecule has 1 aromatic carbocycles. The highest BCUT2D eigenvalue weighted by molar-refractivity contribution is 9.10. The minimum atomic E-state index is 0.256. The van der Waals surface area contributed by atoms with Gasteiger partial charge in [0.2, 0.25) is 0 Å². The van der Waals surface area contributed by atoms with Crippen LogP contribution in [0, 0.1) is 0 Å². The molecule has 116 valence electrons. The summed E-state index contributed by atoms with van der Waals surface area (Å²) in [4.78, 5) is 0. The molecule has 0 aromatic heterocycles. The lowest BCUT2D eigenvalue weighted by atomic mass is 9.91. The number of halogens is 1. The van der Waals surface area contributed by atoms with Gasteiger partial charge in [0.25, 0.3) is 0 Å². The summed E-state index contributed by atoms with van der Waals surface area (Å²) in [5.74, 6) is 1.65. The highest BCUT2D eigenvalue weighted by atomic mass is 79.9. The van der Waals surface area contributed by atoms with Crippen molar-refractivity contribution in [1.29, 1.82) is 0 Å². The van der Waals surface area contributed by atoms with Crippen LogP contribution in [0.2, 0.25) is 0 Å². The molecule has 0 saturated heterocycles. The second kappa shape index (κ2) is 7.85. The van der Waals surface area contributed by atoms with Crippen LogP contribution in [0.3, 0.4) is 0 Å². The second-order valence-corrected chi connectivity index (χ2v) is 6.15. The van der Waals surface area contributed by atoms with Gasteiger partial charge in [-0.2, -0.15) is 0 Å². The Balaban J connectivity index is 2.28. The first-order valence-corrected chi connectivity index (χ1v) is 8.26. The van der Waals surface area contributed by atoms with Crippen molar-refractivity contribution in [3.05, 3.63) is 33.8 Å². The van der Waals surface area contributed by atoms with Crippen LogP contribution in [0.1, 0.15) is 43.7 Å². The first-order chi connectivity index (χ1) is 10.2. The van der Waals surface area contributed by atoms with Gasteiger partial charge in [-0.15, -0.1) is 0 Å². The topological polar surface area (TPSA) is 30.5 Å². The van der Waals surface area contributed by atoms with E-state index >= 15 is 0 Å². The summed E-state index contributed by atoms with van der Waals surface area (Å²) in [5, 5.41) is 3.42. The molecule has 1 aliphatic carbocycles. The minimum absolute atomic E-state index is 0.256. The molecule has 0 radical (unpaired) electrons. The molecule has 3 nitrogen and oxygen atoms in total. The van der Waals surface area contributed by atoms with Crippen LogP contribution < -0.4 is 14.8 Å². The van der Waals surface area contributed by atoms with Crippen LogP contribution in [0.25, 0.3) is 0 Å². The molecule has 1 N–H and O–H groups in total. The lowest BCUT2D eigenvalue weighted by Crippen LogP contribution is -2.18. The zero-order valence-electron chi connectivity index (χ0n) is 13.0. The highest BCUT2D eigenvalue weighted by Gasteiger charge is 2.20. The normalized spacial score (nSPS) is 16.3. The molecule has 0 aliphatic heterocycles. The Morgan fingerprint density at radius 3 is 2.62 bits per heavy atom. The van der Waals surface area contributed by atoms with Gasteiger partial charge in [0.1, 0.15) is 16.0 Å². The first kappa shape index (κ1) is 16.4. The van der Waals surface area contributed by atoms with Crippen molar-refractivity contribution in [2.24, 2.45) is 0 Å². The predicted octanol–water partition coefficient (Wildman–Crippen LogP) is 4.62. The number of rotatable bonds is 6. The molecule has 0 fully saturated rings. The van der Waals surface area contributed by atoms with E-state index in [1.807, 2.05) is 13.1 Å². The number of hydrogen-bond donors (Lipinski definition) is 1. The van der Waals surface area contributed by atoms with Crippen LogP contribution in [0.15, 0.2) is 28.3 Å². The fourth-order valence-electron chi connectivity index (χ4n) is 2.91. The summed E-state index contributed by atoms with van der Waals surface area (Å²) >= 11 is 3.58. The number of methoxy groups -OCH3 is 2. The van der Waals surface area contributed by atoms with Crippen molar-refractivity contribution in [3.63, 3.8) is 0 Å². The third kappa shape index (κ3) is 3.80. The molecule has 1 atom stereocenters. The molecule has 1 aliphatic rings. The summed E-state index contributed by atoms with van der Waals surface area (Å²) in [7, 11) is 5.38. The van der Waals surface area contributed by atoms with E-state index in [4.69, 9.17) is 9.47 Å². The van der Waals surface area contributed by atoms with Crippen molar-refractivity contribution < 1.29 is 9.47 Å². The third-order valence-corrected chi connectivity index (χ3v) is 4.84. The molecule has 0 saturated carbocycles. The Bertz CT molecular complexity index is 514. The molecule has 0 spiro atoms. The monoisotopic (exact) mass is 353 g/mol. The molecule has 0 heterocycles. The number of nitrogens with one attached hydrogen (secondary N) is 1. The Labute approximate surface area is 135 Å². The SMILES string of the molecule is CNC(CC1=CCCCC1)c1ccc(OC)c(Br)c1OC. The van der Waals surface area contributed by atoms with E-state index in [-0.39, 0.29) is 6.04 Å². The number of allylic oxidation sites excluding steroid dienone is 1. The average molecular weight is 354 g/mol. The van der Waals surface area contributed by atoms with Gasteiger partial charge in [-0.1, -0.05) is 11.6 Å². The molecule has 0 bridgehead atoms. The zero-order valence-corrected chi connectivity index (χ0v) is 14.6. The van der Waals surface area contributed by atoms with Crippen LogP contribution >= 0.6 is 15.9 Å². The van der Waals surface area contributed by atoms with Crippen LogP contribution in [0.5, 0.6) is 11.5 Å². The van der Waals surface area contributed by atoms with Crippen molar-refractivity contribution in [3.8, 4) is 11.5 Å². The Morgan fingerprint density at radius 1 is 1.24 bits per heavy atom. The fourth-order valence-corrected chi connectivity index (χ4v) is 3.60. The molecule has 21 heavy (non-hydrogen) atoms. The Hall–Kier alpha value is -1.00. The quantitative estimate of drug-likeness (QED) is 0.757. The van der Waals surface area contributed by atoms with E-state index < -0.39 is 0 Å². The van der Waals surface area contributed by atoms with Crippen LogP contribution in [-0.2, 0) is 0 Å². The van der Waals surface area contributed by atoms with Crippen molar-refractivity contribution in [2.45, 2.75) is 38.1 Å². The average Bonchev–Trinajstić information content (AvgIpc) is 2.53. The first-order valence-electron chi connectivity index (χ1n) is 7.46. The number of ether oxygens (including phenoxy) is 2. The van der Waals surface area contributed by atoms with Crippen molar-refractivity contribution in [2.75, 3.05) is 21.3 Å². The maximum Gasteiger partial charge on any atom is 0.141 e. The van der Waals surface area contributed by atoms with E-state index in [2.05, 4.69) is 33.4 Å². The standard InChI is InChI=1S/C17H24BrNO2/c1-19-14(11-12-7-5-4-6-8-12)13-9-10-15(20-2)16(18)17(13)21-3/h7,9-10,14,19H,4-6,8,11H2,1-3H3. The van der Waals surface area contributed by atoms with E-state index in [0.29, 0.717) is 0 Å².